The summed E-state index contributed by atoms with van der Waals surface area (Å²) in [7, 11) is -0.565. The highest BCUT2D eigenvalue weighted by molar-refractivity contribution is 9.11. The molecule has 31 heavy (non-hydrogen) atoms. The standard InChI is InChI=1S/C20H29BBr2ClN3O4/c1-11(2)5-17(21-30-12(3)8-25-9-13(4)31-21)27-18(28)10-26-20(29)15-6-14(22)7-16(23)19(15)24/h6-7,11-13,17,25H,5,8-10H2,1-4H3,(H,26,29)(H,27,28)/t12?,13?,17-/m0/s1. The average Bonchev–Trinajstić information content (AvgIpc) is 2.66. The molecule has 1 aromatic carbocycles. The van der Waals surface area contributed by atoms with Gasteiger partial charge in [0.05, 0.1) is 35.3 Å². The van der Waals surface area contributed by atoms with Crippen molar-refractivity contribution in [3.63, 3.8) is 0 Å². The Morgan fingerprint density at radius 3 is 2.42 bits per heavy atom. The van der Waals surface area contributed by atoms with E-state index in [4.69, 9.17) is 20.9 Å². The number of amides is 2. The summed E-state index contributed by atoms with van der Waals surface area (Å²) >= 11 is 12.9. The van der Waals surface area contributed by atoms with Crippen LogP contribution in [-0.2, 0) is 14.1 Å². The first kappa shape index (κ1) is 26.6. The fourth-order valence-electron chi connectivity index (χ4n) is 3.25. The van der Waals surface area contributed by atoms with Gasteiger partial charge >= 0.3 is 7.12 Å². The molecule has 2 rings (SSSR count). The van der Waals surface area contributed by atoms with Crippen LogP contribution in [-0.4, -0.2) is 56.7 Å². The molecule has 2 amide bonds. The Bertz CT molecular complexity index is 775. The normalized spacial score (nSPS) is 20.7. The van der Waals surface area contributed by atoms with E-state index >= 15 is 0 Å². The second-order valence-corrected chi connectivity index (χ2v) is 10.3. The second-order valence-electron chi connectivity index (χ2n) is 8.16. The third-order valence-corrected chi connectivity index (χ3v) is 6.36. The molecule has 0 saturated carbocycles. The first-order valence-electron chi connectivity index (χ1n) is 10.3. The van der Waals surface area contributed by atoms with Crippen LogP contribution in [0.1, 0.15) is 44.5 Å². The third kappa shape index (κ3) is 8.66. The van der Waals surface area contributed by atoms with Crippen LogP contribution >= 0.6 is 43.5 Å². The van der Waals surface area contributed by atoms with Gasteiger partial charge < -0.3 is 25.3 Å². The van der Waals surface area contributed by atoms with Gasteiger partial charge in [-0.25, -0.2) is 0 Å². The highest BCUT2D eigenvalue weighted by Gasteiger charge is 2.36. The Morgan fingerprint density at radius 2 is 1.84 bits per heavy atom. The molecule has 1 saturated heterocycles. The zero-order valence-electron chi connectivity index (χ0n) is 18.1. The van der Waals surface area contributed by atoms with Gasteiger partial charge in [-0.05, 0) is 54.2 Å². The number of carbonyl (C=O) groups is 2. The SMILES string of the molecule is CC(C)C[C@H](NC(=O)CNC(=O)c1cc(Br)cc(Br)c1Cl)B1OC(C)CNCC(C)O1. The minimum atomic E-state index is -0.565. The molecule has 3 N–H and O–H groups in total. The highest BCUT2D eigenvalue weighted by atomic mass is 79.9. The molecule has 0 radical (unpaired) electrons. The molecule has 0 aliphatic carbocycles. The monoisotopic (exact) mass is 579 g/mol. The predicted octanol–water partition coefficient (Wildman–Crippen LogP) is 3.57. The van der Waals surface area contributed by atoms with Crippen molar-refractivity contribution < 1.29 is 18.9 Å². The van der Waals surface area contributed by atoms with Crippen LogP contribution in [0, 0.1) is 5.92 Å². The zero-order chi connectivity index (χ0) is 23.1. The van der Waals surface area contributed by atoms with Crippen LogP contribution in [0.2, 0.25) is 5.02 Å². The van der Waals surface area contributed by atoms with E-state index in [2.05, 4.69) is 61.7 Å². The van der Waals surface area contributed by atoms with Gasteiger partial charge in [-0.15, -0.1) is 0 Å². The van der Waals surface area contributed by atoms with Crippen molar-refractivity contribution >= 4 is 62.4 Å². The lowest BCUT2D eigenvalue weighted by Gasteiger charge is -2.32. The summed E-state index contributed by atoms with van der Waals surface area (Å²) < 4.78 is 13.4. The van der Waals surface area contributed by atoms with Crippen LogP contribution in [0.3, 0.4) is 0 Å². The average molecular weight is 582 g/mol. The second kappa shape index (κ2) is 12.6. The molecular formula is C20H29BBr2ClN3O4. The highest BCUT2D eigenvalue weighted by Crippen LogP contribution is 2.30. The van der Waals surface area contributed by atoms with Crippen molar-refractivity contribution in [1.29, 1.82) is 0 Å². The van der Waals surface area contributed by atoms with E-state index in [1.165, 1.54) is 0 Å². The molecule has 1 fully saturated rings. The lowest BCUT2D eigenvalue weighted by Crippen LogP contribution is -2.56. The largest absolute Gasteiger partial charge is 0.481 e. The quantitative estimate of drug-likeness (QED) is 0.339. The predicted molar refractivity (Wildman–Crippen MR) is 130 cm³/mol. The van der Waals surface area contributed by atoms with Crippen molar-refractivity contribution in [3.05, 3.63) is 31.7 Å². The van der Waals surface area contributed by atoms with E-state index in [0.717, 1.165) is 0 Å². The van der Waals surface area contributed by atoms with Gasteiger partial charge in [-0.1, -0.05) is 41.4 Å². The molecular weight excluding hydrogens is 552 g/mol. The molecule has 1 heterocycles. The molecule has 11 heteroatoms. The summed E-state index contributed by atoms with van der Waals surface area (Å²) in [5, 5.41) is 9.17. The van der Waals surface area contributed by atoms with Crippen molar-refractivity contribution in [3.8, 4) is 0 Å². The first-order chi connectivity index (χ1) is 14.6. The molecule has 7 nitrogen and oxygen atoms in total. The van der Waals surface area contributed by atoms with Crippen LogP contribution < -0.4 is 16.0 Å². The maximum Gasteiger partial charge on any atom is 0.481 e. The summed E-state index contributed by atoms with van der Waals surface area (Å²) in [5.41, 5.74) is 0.274. The van der Waals surface area contributed by atoms with Crippen molar-refractivity contribution in [2.45, 2.75) is 52.3 Å². The van der Waals surface area contributed by atoms with Crippen molar-refractivity contribution in [2.24, 2.45) is 5.92 Å². The number of benzene rings is 1. The summed E-state index contributed by atoms with van der Waals surface area (Å²) in [6, 6.07) is 3.35. The molecule has 0 aromatic heterocycles. The topological polar surface area (TPSA) is 88.7 Å². The fourth-order valence-corrected chi connectivity index (χ4v) is 4.67. The molecule has 3 atom stereocenters. The lowest BCUT2D eigenvalue weighted by molar-refractivity contribution is -0.120. The van der Waals surface area contributed by atoms with Gasteiger partial charge in [0.1, 0.15) is 0 Å². The van der Waals surface area contributed by atoms with Crippen molar-refractivity contribution in [1.82, 2.24) is 16.0 Å². The van der Waals surface area contributed by atoms with E-state index in [1.54, 1.807) is 12.1 Å². The molecule has 2 unspecified atom stereocenters. The van der Waals surface area contributed by atoms with Crippen LogP contribution in [0.15, 0.2) is 21.1 Å². The summed E-state index contributed by atoms with van der Waals surface area (Å²) in [5.74, 6) is -0.777. The van der Waals surface area contributed by atoms with Crippen LogP contribution in [0.25, 0.3) is 0 Å². The Morgan fingerprint density at radius 1 is 1.23 bits per heavy atom. The Hall–Kier alpha value is -0.645. The van der Waals surface area contributed by atoms with Crippen LogP contribution in [0.4, 0.5) is 0 Å². The van der Waals surface area contributed by atoms with E-state index in [1.807, 2.05) is 13.8 Å². The number of carbonyl (C=O) groups excluding carboxylic acids is 2. The summed E-state index contributed by atoms with van der Waals surface area (Å²) in [4.78, 5) is 25.2. The Labute approximate surface area is 206 Å². The van der Waals surface area contributed by atoms with Gasteiger partial charge in [0.2, 0.25) is 5.91 Å². The fraction of sp³-hybridized carbons (Fsp3) is 0.600. The number of halogens is 3. The summed E-state index contributed by atoms with van der Waals surface area (Å²) in [6.07, 6.45) is 0.573. The van der Waals surface area contributed by atoms with E-state index in [-0.39, 0.29) is 41.2 Å². The van der Waals surface area contributed by atoms with Gasteiger partial charge in [-0.2, -0.15) is 0 Å². The maximum absolute atomic E-state index is 12.6. The minimum Gasteiger partial charge on any atom is -0.406 e. The van der Waals surface area contributed by atoms with E-state index in [0.29, 0.717) is 34.4 Å². The van der Waals surface area contributed by atoms with E-state index < -0.39 is 13.0 Å². The van der Waals surface area contributed by atoms with Gasteiger partial charge in [-0.3, -0.25) is 9.59 Å². The van der Waals surface area contributed by atoms with Gasteiger partial charge in [0, 0.05) is 22.0 Å². The molecule has 0 spiro atoms. The molecule has 0 bridgehead atoms. The number of hydrogen-bond donors (Lipinski definition) is 3. The lowest BCUT2D eigenvalue weighted by atomic mass is 9.73. The third-order valence-electron chi connectivity index (χ3n) is 4.64. The smallest absolute Gasteiger partial charge is 0.406 e. The number of rotatable bonds is 7. The van der Waals surface area contributed by atoms with Crippen LogP contribution in [0.5, 0.6) is 0 Å². The maximum atomic E-state index is 12.6. The molecule has 1 aromatic rings. The summed E-state index contributed by atoms with van der Waals surface area (Å²) in [6.45, 7) is 9.32. The van der Waals surface area contributed by atoms with Gasteiger partial charge in [0.25, 0.3) is 5.91 Å². The number of nitrogens with one attached hydrogen (secondary N) is 3. The molecule has 172 valence electrons. The number of hydrogen-bond acceptors (Lipinski definition) is 5. The molecule has 1 aliphatic rings. The minimum absolute atomic E-state index is 0.0547. The van der Waals surface area contributed by atoms with Crippen molar-refractivity contribution in [2.75, 3.05) is 19.6 Å². The first-order valence-corrected chi connectivity index (χ1v) is 12.3. The Kier molecular flexibility index (Phi) is 10.8. The Balaban J connectivity index is 2.02. The molecule has 1 aliphatic heterocycles. The zero-order valence-corrected chi connectivity index (χ0v) is 22.1. The van der Waals surface area contributed by atoms with Gasteiger partial charge in [0.15, 0.2) is 0 Å². The van der Waals surface area contributed by atoms with E-state index in [9.17, 15) is 9.59 Å².